The van der Waals surface area contributed by atoms with Gasteiger partial charge in [-0.3, -0.25) is 9.78 Å². The third kappa shape index (κ3) is 4.29. The largest absolute Gasteiger partial charge is 0.493 e. The van der Waals surface area contributed by atoms with Crippen molar-refractivity contribution in [3.05, 3.63) is 53.9 Å². The summed E-state index contributed by atoms with van der Waals surface area (Å²) < 4.78 is 11.5. The van der Waals surface area contributed by atoms with Gasteiger partial charge in [-0.25, -0.2) is 0 Å². The third-order valence-corrected chi connectivity index (χ3v) is 4.53. The molecule has 1 atom stereocenters. The Bertz CT molecular complexity index is 712. The molecular formula is C20H24N2O3. The summed E-state index contributed by atoms with van der Waals surface area (Å²) in [6, 6.07) is 10.9. The Hall–Kier alpha value is -2.56. The maximum absolute atomic E-state index is 12.3. The molecule has 25 heavy (non-hydrogen) atoms. The molecule has 1 amide bonds. The van der Waals surface area contributed by atoms with Crippen LogP contribution in [-0.2, 0) is 0 Å². The molecule has 3 rings (SSSR count). The number of benzene rings is 1. The average Bonchev–Trinajstić information content (AvgIpc) is 3.15. The Morgan fingerprint density at radius 2 is 2.00 bits per heavy atom. The highest BCUT2D eigenvalue weighted by molar-refractivity contribution is 5.92. The van der Waals surface area contributed by atoms with E-state index in [4.69, 9.17) is 9.47 Å². The first kappa shape index (κ1) is 17.3. The molecule has 1 saturated carbocycles. The van der Waals surface area contributed by atoms with Crippen molar-refractivity contribution >= 4 is 5.91 Å². The molecule has 5 heteroatoms. The zero-order valence-electron chi connectivity index (χ0n) is 14.7. The van der Waals surface area contributed by atoms with E-state index >= 15 is 0 Å². The zero-order valence-corrected chi connectivity index (χ0v) is 14.7. The lowest BCUT2D eigenvalue weighted by Crippen LogP contribution is -2.27. The molecule has 2 aromatic rings. The molecule has 0 aliphatic heterocycles. The summed E-state index contributed by atoms with van der Waals surface area (Å²) in [6.07, 6.45) is 6.53. The molecular weight excluding hydrogens is 316 g/mol. The maximum atomic E-state index is 12.3. The predicted octanol–water partition coefficient (Wildman–Crippen LogP) is 3.90. The lowest BCUT2D eigenvalue weighted by Gasteiger charge is -2.19. The number of amides is 1. The van der Waals surface area contributed by atoms with Crippen LogP contribution < -0.4 is 14.8 Å². The van der Waals surface area contributed by atoms with Crippen LogP contribution in [0.1, 0.15) is 54.7 Å². The molecule has 0 unspecified atom stereocenters. The van der Waals surface area contributed by atoms with E-state index < -0.39 is 0 Å². The SMILES string of the molecule is COc1cc([C@@H](C)NC(=O)c2ccccn2)ccc1OC1CCCC1. The number of hydrogen-bond acceptors (Lipinski definition) is 4. The van der Waals surface area contributed by atoms with Crippen LogP contribution in [0.3, 0.4) is 0 Å². The van der Waals surface area contributed by atoms with E-state index in [1.54, 1.807) is 31.5 Å². The zero-order chi connectivity index (χ0) is 17.6. The van der Waals surface area contributed by atoms with E-state index in [9.17, 15) is 4.79 Å². The fourth-order valence-corrected chi connectivity index (χ4v) is 3.09. The fraction of sp³-hybridized carbons (Fsp3) is 0.400. The summed E-state index contributed by atoms with van der Waals surface area (Å²) in [5, 5.41) is 2.96. The normalized spacial score (nSPS) is 15.6. The summed E-state index contributed by atoms with van der Waals surface area (Å²) in [5.41, 5.74) is 1.36. The van der Waals surface area contributed by atoms with E-state index in [2.05, 4.69) is 10.3 Å². The Balaban J connectivity index is 1.69. The average molecular weight is 340 g/mol. The first-order valence-electron chi connectivity index (χ1n) is 8.74. The smallest absolute Gasteiger partial charge is 0.270 e. The van der Waals surface area contributed by atoms with Crippen molar-refractivity contribution in [1.29, 1.82) is 0 Å². The number of ether oxygens (including phenoxy) is 2. The van der Waals surface area contributed by atoms with E-state index in [0.717, 1.165) is 24.2 Å². The van der Waals surface area contributed by atoms with Gasteiger partial charge in [0.25, 0.3) is 5.91 Å². The van der Waals surface area contributed by atoms with Crippen molar-refractivity contribution in [2.45, 2.75) is 44.8 Å². The molecule has 0 spiro atoms. The van der Waals surface area contributed by atoms with Gasteiger partial charge in [-0.05, 0) is 62.4 Å². The summed E-state index contributed by atoms with van der Waals surface area (Å²) in [6.45, 7) is 1.94. The van der Waals surface area contributed by atoms with Crippen LogP contribution in [0.25, 0.3) is 0 Å². The van der Waals surface area contributed by atoms with Crippen LogP contribution in [0.4, 0.5) is 0 Å². The Morgan fingerprint density at radius 1 is 1.20 bits per heavy atom. The quantitative estimate of drug-likeness (QED) is 0.866. The number of rotatable bonds is 6. The number of pyridine rings is 1. The summed E-state index contributed by atoms with van der Waals surface area (Å²) in [4.78, 5) is 16.3. The van der Waals surface area contributed by atoms with E-state index in [1.165, 1.54) is 12.8 Å². The molecule has 5 nitrogen and oxygen atoms in total. The van der Waals surface area contributed by atoms with Gasteiger partial charge in [-0.1, -0.05) is 12.1 Å². The van der Waals surface area contributed by atoms with Gasteiger partial charge < -0.3 is 14.8 Å². The molecule has 0 radical (unpaired) electrons. The molecule has 1 fully saturated rings. The minimum absolute atomic E-state index is 0.163. The molecule has 1 aliphatic carbocycles. The number of carbonyl (C=O) groups excluding carboxylic acids is 1. The van der Waals surface area contributed by atoms with Gasteiger partial charge in [0.2, 0.25) is 0 Å². The number of aromatic nitrogens is 1. The number of hydrogen-bond donors (Lipinski definition) is 1. The molecule has 1 N–H and O–H groups in total. The Morgan fingerprint density at radius 3 is 2.68 bits per heavy atom. The van der Waals surface area contributed by atoms with Gasteiger partial charge in [0.1, 0.15) is 5.69 Å². The van der Waals surface area contributed by atoms with Crippen LogP contribution in [0, 0.1) is 0 Å². The van der Waals surface area contributed by atoms with Gasteiger partial charge in [-0.15, -0.1) is 0 Å². The van der Waals surface area contributed by atoms with Gasteiger partial charge >= 0.3 is 0 Å². The minimum atomic E-state index is -0.196. The second-order valence-corrected chi connectivity index (χ2v) is 6.34. The number of carbonyl (C=O) groups is 1. The molecule has 0 saturated heterocycles. The van der Waals surface area contributed by atoms with Crippen molar-refractivity contribution in [3.8, 4) is 11.5 Å². The van der Waals surface area contributed by atoms with Gasteiger partial charge in [0, 0.05) is 6.20 Å². The van der Waals surface area contributed by atoms with Crippen LogP contribution in [0.5, 0.6) is 11.5 Å². The van der Waals surface area contributed by atoms with E-state index in [1.807, 2.05) is 25.1 Å². The lowest BCUT2D eigenvalue weighted by molar-refractivity contribution is 0.0935. The van der Waals surface area contributed by atoms with Crippen LogP contribution in [-0.4, -0.2) is 24.1 Å². The summed E-state index contributed by atoms with van der Waals surface area (Å²) >= 11 is 0. The minimum Gasteiger partial charge on any atom is -0.493 e. The van der Waals surface area contributed by atoms with Crippen LogP contribution in [0.2, 0.25) is 0 Å². The number of nitrogens with one attached hydrogen (secondary N) is 1. The molecule has 1 heterocycles. The summed E-state index contributed by atoms with van der Waals surface area (Å²) in [5.74, 6) is 1.27. The monoisotopic (exact) mass is 340 g/mol. The highest BCUT2D eigenvalue weighted by Crippen LogP contribution is 2.33. The van der Waals surface area contributed by atoms with E-state index in [0.29, 0.717) is 11.4 Å². The molecule has 1 aliphatic rings. The first-order valence-corrected chi connectivity index (χ1v) is 8.74. The van der Waals surface area contributed by atoms with Gasteiger partial charge in [0.15, 0.2) is 11.5 Å². The van der Waals surface area contributed by atoms with Gasteiger partial charge in [0.05, 0.1) is 19.3 Å². The first-order chi connectivity index (χ1) is 12.2. The van der Waals surface area contributed by atoms with Gasteiger partial charge in [-0.2, -0.15) is 0 Å². The van der Waals surface area contributed by atoms with Crippen molar-refractivity contribution in [3.63, 3.8) is 0 Å². The van der Waals surface area contributed by atoms with Crippen LogP contribution in [0.15, 0.2) is 42.6 Å². The standard InChI is InChI=1S/C20H24N2O3/c1-14(22-20(23)17-9-5-6-12-21-17)15-10-11-18(19(13-15)24-2)25-16-7-3-4-8-16/h5-6,9-14,16H,3-4,7-8H2,1-2H3,(H,22,23)/t14-/m1/s1. The van der Waals surface area contributed by atoms with E-state index in [-0.39, 0.29) is 18.1 Å². The highest BCUT2D eigenvalue weighted by atomic mass is 16.5. The third-order valence-electron chi connectivity index (χ3n) is 4.53. The topological polar surface area (TPSA) is 60.5 Å². The molecule has 1 aromatic carbocycles. The van der Waals surface area contributed by atoms with Crippen LogP contribution >= 0.6 is 0 Å². The summed E-state index contributed by atoms with van der Waals surface area (Å²) in [7, 11) is 1.64. The number of nitrogens with zero attached hydrogens (tertiary/aromatic N) is 1. The molecule has 0 bridgehead atoms. The van der Waals surface area contributed by atoms with Crippen molar-refractivity contribution in [2.24, 2.45) is 0 Å². The van der Waals surface area contributed by atoms with Crippen molar-refractivity contribution in [1.82, 2.24) is 10.3 Å². The van der Waals surface area contributed by atoms with Crippen molar-refractivity contribution in [2.75, 3.05) is 7.11 Å². The molecule has 1 aromatic heterocycles. The lowest BCUT2D eigenvalue weighted by atomic mass is 10.1. The fourth-order valence-electron chi connectivity index (χ4n) is 3.09. The second-order valence-electron chi connectivity index (χ2n) is 6.34. The second kappa shape index (κ2) is 8.01. The Kier molecular flexibility index (Phi) is 5.53. The highest BCUT2D eigenvalue weighted by Gasteiger charge is 2.19. The predicted molar refractivity (Wildman–Crippen MR) is 96.0 cm³/mol. The Labute approximate surface area is 148 Å². The molecule has 132 valence electrons. The van der Waals surface area contributed by atoms with Crippen molar-refractivity contribution < 1.29 is 14.3 Å². The maximum Gasteiger partial charge on any atom is 0.270 e. The number of methoxy groups -OCH3 is 1.